The summed E-state index contributed by atoms with van der Waals surface area (Å²) >= 11 is 0. The molecule has 262 valence electrons. The number of benzene rings is 3. The van der Waals surface area contributed by atoms with E-state index in [1.54, 1.807) is 30.3 Å². The molecule has 0 saturated carbocycles. The highest BCUT2D eigenvalue weighted by Crippen LogP contribution is 2.41. The Balaban J connectivity index is 0.000000639. The summed E-state index contributed by atoms with van der Waals surface area (Å²) in [6.07, 6.45) is 5.69. The minimum atomic E-state index is -3.85. The molecule has 0 spiro atoms. The zero-order chi connectivity index (χ0) is 36.6. The van der Waals surface area contributed by atoms with Gasteiger partial charge in [0.2, 0.25) is 21.8 Å². The number of nitrogens with zero attached hydrogens (tertiary/aromatic N) is 1. The fourth-order valence-electron chi connectivity index (χ4n) is 5.22. The Labute approximate surface area is 290 Å². The van der Waals surface area contributed by atoms with Gasteiger partial charge in [-0.3, -0.25) is 9.59 Å². The molecule has 7 nitrogen and oxygen atoms in total. The van der Waals surface area contributed by atoms with Gasteiger partial charge in [0.25, 0.3) is 0 Å². The van der Waals surface area contributed by atoms with E-state index < -0.39 is 10.0 Å². The van der Waals surface area contributed by atoms with Gasteiger partial charge in [-0.15, -0.1) is 0 Å². The molecule has 0 bridgehead atoms. The summed E-state index contributed by atoms with van der Waals surface area (Å²) in [6.45, 7) is 21.2. The number of fused-ring (bicyclic) bond motifs is 1. The number of anilines is 1. The van der Waals surface area contributed by atoms with Gasteiger partial charge >= 0.3 is 0 Å². The van der Waals surface area contributed by atoms with E-state index in [4.69, 9.17) is 10.9 Å². The number of primary sulfonamides is 1. The van der Waals surface area contributed by atoms with Gasteiger partial charge in [0.15, 0.2) is 0 Å². The van der Waals surface area contributed by atoms with E-state index in [1.165, 1.54) is 23.6 Å². The number of carbonyl (C=O) groups excluding carboxylic acids is 2. The van der Waals surface area contributed by atoms with Crippen molar-refractivity contribution in [2.45, 2.75) is 106 Å². The van der Waals surface area contributed by atoms with Gasteiger partial charge in [-0.2, -0.15) is 0 Å². The first-order valence-corrected chi connectivity index (χ1v) is 18.5. The Hall–Kier alpha value is -4.01. The molecule has 48 heavy (non-hydrogen) atoms. The van der Waals surface area contributed by atoms with Crippen LogP contribution in [0.25, 0.3) is 11.1 Å². The number of hydrogen-bond donors (Lipinski definition) is 2. The number of primary amides is 1. The smallest absolute Gasteiger partial charge is 0.248 e. The van der Waals surface area contributed by atoms with Crippen LogP contribution in [0.15, 0.2) is 94.4 Å². The van der Waals surface area contributed by atoms with E-state index in [2.05, 4.69) is 54.5 Å². The highest BCUT2D eigenvalue weighted by atomic mass is 32.2. The predicted molar refractivity (Wildman–Crippen MR) is 203 cm³/mol. The second-order valence-corrected chi connectivity index (χ2v) is 13.4. The zero-order valence-corrected chi connectivity index (χ0v) is 31.5. The molecule has 0 aromatic heterocycles. The molecule has 2 amide bonds. The number of allylic oxidation sites excluding steroid dienone is 3. The van der Waals surface area contributed by atoms with E-state index >= 15 is 0 Å². The molecular weight excluding hydrogens is 619 g/mol. The van der Waals surface area contributed by atoms with Gasteiger partial charge in [0, 0.05) is 29.8 Å². The fraction of sp³-hybridized carbons (Fsp3) is 0.400. The second-order valence-electron chi connectivity index (χ2n) is 11.9. The molecule has 1 unspecified atom stereocenters. The first-order valence-electron chi connectivity index (χ1n) is 16.9. The second kappa shape index (κ2) is 20.4. The number of amides is 2. The number of rotatable bonds is 8. The van der Waals surface area contributed by atoms with Crippen molar-refractivity contribution in [3.63, 3.8) is 0 Å². The van der Waals surface area contributed by atoms with Crippen molar-refractivity contribution in [3.8, 4) is 11.1 Å². The third kappa shape index (κ3) is 12.2. The molecule has 1 atom stereocenters. The standard InChI is InChI=1S/C27H34N2O3S.C8H9NO.C3H8.C2H6/c1-6-19(4)20(5)14-18(3)17-29-25-13-12-22(15-24(25)21(7-2)16-27(29)30)23-10-8-9-11-26(23)33(28,31)32;1-6-3-2-4-7(5-6)8(9)10;1-3-2;1-2/h8-15,21H,6-7,16-17H2,1-5H3,(H2,28,31,32);2-5H,1H3,(H2,9,10);3H2,1-2H3;1-2H3/b18-14+,20-19?;;;. The number of carbonyl (C=O) groups is 2. The molecule has 3 aromatic rings. The minimum absolute atomic E-state index is 0.0959. The van der Waals surface area contributed by atoms with Crippen LogP contribution in [0.5, 0.6) is 0 Å². The van der Waals surface area contributed by atoms with Crippen LogP contribution in [0.3, 0.4) is 0 Å². The maximum atomic E-state index is 13.1. The van der Waals surface area contributed by atoms with Crippen LogP contribution in [-0.2, 0) is 14.8 Å². The SMILES string of the molecule is CC.CCC.CCC(C)=C(C)/C=C(\C)CN1C(=O)CC(CC)c2cc(-c3ccccc3S(N)(=O)=O)ccc21.Cc1cccc(C(N)=O)c1. The predicted octanol–water partition coefficient (Wildman–Crippen LogP) is 9.46. The van der Waals surface area contributed by atoms with Crippen LogP contribution < -0.4 is 15.8 Å². The lowest BCUT2D eigenvalue weighted by Gasteiger charge is -2.34. The highest BCUT2D eigenvalue weighted by Gasteiger charge is 2.31. The van der Waals surface area contributed by atoms with Crippen molar-refractivity contribution < 1.29 is 18.0 Å². The van der Waals surface area contributed by atoms with E-state index in [0.29, 0.717) is 24.1 Å². The van der Waals surface area contributed by atoms with Gasteiger partial charge in [0.1, 0.15) is 0 Å². The molecule has 8 heteroatoms. The Morgan fingerprint density at radius 3 is 2.08 bits per heavy atom. The lowest BCUT2D eigenvalue weighted by atomic mass is 9.85. The number of aryl methyl sites for hydroxylation is 1. The average molecular weight is 676 g/mol. The third-order valence-corrected chi connectivity index (χ3v) is 8.82. The third-order valence-electron chi connectivity index (χ3n) is 7.85. The molecule has 0 radical (unpaired) electrons. The summed E-state index contributed by atoms with van der Waals surface area (Å²) < 4.78 is 24.3. The lowest BCUT2D eigenvalue weighted by molar-refractivity contribution is -0.119. The molecule has 1 aliphatic heterocycles. The first-order chi connectivity index (χ1) is 22.7. The molecule has 4 rings (SSSR count). The normalized spacial score (nSPS) is 14.6. The minimum Gasteiger partial charge on any atom is -0.366 e. The van der Waals surface area contributed by atoms with Gasteiger partial charge in [-0.25, -0.2) is 13.6 Å². The van der Waals surface area contributed by atoms with E-state index in [0.717, 1.165) is 40.8 Å². The highest BCUT2D eigenvalue weighted by molar-refractivity contribution is 7.89. The Bertz CT molecular complexity index is 1690. The summed E-state index contributed by atoms with van der Waals surface area (Å²) in [5, 5.41) is 5.46. The Kier molecular flexibility index (Phi) is 17.8. The molecule has 1 heterocycles. The maximum Gasteiger partial charge on any atom is 0.248 e. The van der Waals surface area contributed by atoms with E-state index in [1.807, 2.05) is 56.0 Å². The summed E-state index contributed by atoms with van der Waals surface area (Å²) in [5.74, 6) is -0.157. The van der Waals surface area contributed by atoms with E-state index in [-0.39, 0.29) is 22.6 Å². The molecule has 3 aromatic carbocycles. The molecule has 0 fully saturated rings. The Morgan fingerprint density at radius 2 is 1.56 bits per heavy atom. The van der Waals surface area contributed by atoms with Crippen LogP contribution in [0.4, 0.5) is 5.69 Å². The number of nitrogens with two attached hydrogens (primary N) is 2. The average Bonchev–Trinajstić information content (AvgIpc) is 3.06. The fourth-order valence-corrected chi connectivity index (χ4v) is 5.98. The van der Waals surface area contributed by atoms with Crippen LogP contribution in [0, 0.1) is 6.92 Å². The summed E-state index contributed by atoms with van der Waals surface area (Å²) in [6, 6.07) is 19.8. The molecule has 1 aliphatic rings. The van der Waals surface area contributed by atoms with Crippen molar-refractivity contribution >= 4 is 27.5 Å². The topological polar surface area (TPSA) is 124 Å². The van der Waals surface area contributed by atoms with Crippen LogP contribution >= 0.6 is 0 Å². The number of sulfonamides is 1. The van der Waals surface area contributed by atoms with Crippen LogP contribution in [0.1, 0.15) is 115 Å². The molecular formula is C40H57N3O4S. The first kappa shape index (κ1) is 42.0. The number of hydrogen-bond acceptors (Lipinski definition) is 4. The van der Waals surface area contributed by atoms with Crippen molar-refractivity contribution in [2.24, 2.45) is 10.9 Å². The monoisotopic (exact) mass is 675 g/mol. The van der Waals surface area contributed by atoms with Crippen LogP contribution in [0.2, 0.25) is 0 Å². The van der Waals surface area contributed by atoms with Gasteiger partial charge in [-0.1, -0.05) is 113 Å². The maximum absolute atomic E-state index is 13.1. The summed E-state index contributed by atoms with van der Waals surface area (Å²) in [5.41, 5.74) is 13.7. The van der Waals surface area contributed by atoms with Gasteiger partial charge in [-0.05, 0) is 87.9 Å². The molecule has 4 N–H and O–H groups in total. The van der Waals surface area contributed by atoms with Crippen LogP contribution in [-0.4, -0.2) is 26.8 Å². The summed E-state index contributed by atoms with van der Waals surface area (Å²) in [7, 11) is -3.85. The van der Waals surface area contributed by atoms with Crippen molar-refractivity contribution in [3.05, 3.63) is 106 Å². The molecule has 0 saturated heterocycles. The van der Waals surface area contributed by atoms with E-state index in [9.17, 15) is 18.0 Å². The zero-order valence-electron chi connectivity index (χ0n) is 30.7. The lowest BCUT2D eigenvalue weighted by Crippen LogP contribution is -2.37. The van der Waals surface area contributed by atoms with Crippen molar-refractivity contribution in [1.82, 2.24) is 0 Å². The van der Waals surface area contributed by atoms with Gasteiger partial charge in [0.05, 0.1) is 4.90 Å². The van der Waals surface area contributed by atoms with Crippen molar-refractivity contribution in [2.75, 3.05) is 11.4 Å². The largest absolute Gasteiger partial charge is 0.366 e. The van der Waals surface area contributed by atoms with Crippen molar-refractivity contribution in [1.29, 1.82) is 0 Å². The van der Waals surface area contributed by atoms with Gasteiger partial charge < -0.3 is 10.6 Å². The Morgan fingerprint density at radius 1 is 0.938 bits per heavy atom. The summed E-state index contributed by atoms with van der Waals surface area (Å²) in [4.78, 5) is 25.6. The quantitative estimate of drug-likeness (QED) is 0.231. The molecule has 0 aliphatic carbocycles.